The van der Waals surface area contributed by atoms with Crippen LogP contribution in [0.25, 0.3) is 0 Å². The first kappa shape index (κ1) is 15.3. The number of rotatable bonds is 3. The maximum atomic E-state index is 13.8. The maximum Gasteiger partial charge on any atom is 0.240 e. The monoisotopic (exact) mass is 300 g/mol. The van der Waals surface area contributed by atoms with Crippen molar-refractivity contribution in [2.24, 2.45) is 17.0 Å². The number of hydrogen-bond acceptors (Lipinski definition) is 3. The number of halogens is 1. The van der Waals surface area contributed by atoms with Gasteiger partial charge in [-0.05, 0) is 42.9 Å². The molecule has 0 aromatic heterocycles. The van der Waals surface area contributed by atoms with Gasteiger partial charge in [-0.25, -0.2) is 17.9 Å². The number of anilines is 1. The lowest BCUT2D eigenvalue weighted by atomic mass is 9.86. The normalized spacial score (nSPS) is 17.8. The van der Waals surface area contributed by atoms with Crippen LogP contribution in [0.1, 0.15) is 26.7 Å². The molecule has 20 heavy (non-hydrogen) atoms. The minimum Gasteiger partial charge on any atom is -0.371 e. The van der Waals surface area contributed by atoms with Crippen LogP contribution < -0.4 is 10.0 Å². The van der Waals surface area contributed by atoms with Gasteiger partial charge in [-0.2, -0.15) is 0 Å². The van der Waals surface area contributed by atoms with Crippen LogP contribution in [0.15, 0.2) is 23.1 Å². The van der Waals surface area contributed by atoms with E-state index in [-0.39, 0.29) is 0 Å². The summed E-state index contributed by atoms with van der Waals surface area (Å²) in [5.41, 5.74) is 0.720. The zero-order chi connectivity index (χ0) is 14.9. The van der Waals surface area contributed by atoms with Gasteiger partial charge in [0.25, 0.3) is 0 Å². The molecule has 0 unspecified atom stereocenters. The van der Waals surface area contributed by atoms with Crippen LogP contribution in [0.3, 0.4) is 0 Å². The third-order valence-corrected chi connectivity index (χ3v) is 5.01. The zero-order valence-corrected chi connectivity index (χ0v) is 12.7. The van der Waals surface area contributed by atoms with E-state index in [1.165, 1.54) is 12.1 Å². The van der Waals surface area contributed by atoms with Crippen molar-refractivity contribution in [3.05, 3.63) is 24.0 Å². The van der Waals surface area contributed by atoms with Gasteiger partial charge >= 0.3 is 0 Å². The summed E-state index contributed by atoms with van der Waals surface area (Å²) < 4.78 is 36.2. The number of nitrogens with two attached hydrogens (primary N) is 1. The lowest BCUT2D eigenvalue weighted by Crippen LogP contribution is -2.35. The highest BCUT2D eigenvalue weighted by Gasteiger charge is 2.23. The number of hydrogen-bond donors (Lipinski definition) is 1. The summed E-state index contributed by atoms with van der Waals surface area (Å²) in [6, 6.07) is 4.13. The highest BCUT2D eigenvalue weighted by Crippen LogP contribution is 2.29. The molecule has 0 aliphatic carbocycles. The second kappa shape index (κ2) is 5.69. The Balaban J connectivity index is 2.14. The van der Waals surface area contributed by atoms with E-state index in [0.29, 0.717) is 11.8 Å². The SMILES string of the molecule is CC(C)C1CCN(c2ccc(S(N)(=O)=O)c(F)c2)CC1. The molecule has 1 aromatic carbocycles. The molecule has 4 nitrogen and oxygen atoms in total. The van der Waals surface area contributed by atoms with Crippen molar-refractivity contribution < 1.29 is 12.8 Å². The van der Waals surface area contributed by atoms with E-state index in [0.717, 1.165) is 31.6 Å². The van der Waals surface area contributed by atoms with Gasteiger partial charge in [0.15, 0.2) is 0 Å². The van der Waals surface area contributed by atoms with Gasteiger partial charge < -0.3 is 4.90 Å². The van der Waals surface area contributed by atoms with E-state index in [2.05, 4.69) is 18.7 Å². The third kappa shape index (κ3) is 3.30. The molecule has 112 valence electrons. The molecule has 0 atom stereocenters. The Bertz CT molecular complexity index is 579. The standard InChI is InChI=1S/C14H21FN2O2S/c1-10(2)11-5-7-17(8-6-11)12-3-4-14(13(15)9-12)20(16,18)19/h3-4,9-11H,5-8H2,1-2H3,(H2,16,18,19). The Morgan fingerprint density at radius 3 is 2.35 bits per heavy atom. The van der Waals surface area contributed by atoms with Gasteiger partial charge in [0.1, 0.15) is 10.7 Å². The molecule has 0 bridgehead atoms. The quantitative estimate of drug-likeness (QED) is 0.932. The molecule has 2 rings (SSSR count). The molecule has 1 fully saturated rings. The molecule has 1 aromatic rings. The van der Waals surface area contributed by atoms with Gasteiger partial charge in [-0.1, -0.05) is 13.8 Å². The molecule has 0 spiro atoms. The number of benzene rings is 1. The highest BCUT2D eigenvalue weighted by molar-refractivity contribution is 7.89. The Morgan fingerprint density at radius 1 is 1.30 bits per heavy atom. The molecule has 0 saturated carbocycles. The largest absolute Gasteiger partial charge is 0.371 e. The molecule has 2 N–H and O–H groups in total. The molecular weight excluding hydrogens is 279 g/mol. The lowest BCUT2D eigenvalue weighted by molar-refractivity contribution is 0.311. The number of primary sulfonamides is 1. The van der Waals surface area contributed by atoms with Crippen LogP contribution >= 0.6 is 0 Å². The van der Waals surface area contributed by atoms with Crippen molar-refractivity contribution in [1.82, 2.24) is 0 Å². The third-order valence-electron chi connectivity index (χ3n) is 4.07. The van der Waals surface area contributed by atoms with E-state index >= 15 is 0 Å². The minimum absolute atomic E-state index is 0.446. The van der Waals surface area contributed by atoms with E-state index in [1.807, 2.05) is 0 Å². The molecular formula is C14H21FN2O2S. The fraction of sp³-hybridized carbons (Fsp3) is 0.571. The van der Waals surface area contributed by atoms with Crippen molar-refractivity contribution in [1.29, 1.82) is 0 Å². The van der Waals surface area contributed by atoms with E-state index < -0.39 is 20.7 Å². The molecule has 1 aliphatic rings. The smallest absolute Gasteiger partial charge is 0.240 e. The average molecular weight is 300 g/mol. The van der Waals surface area contributed by atoms with Crippen molar-refractivity contribution in [2.45, 2.75) is 31.6 Å². The summed E-state index contributed by atoms with van der Waals surface area (Å²) >= 11 is 0. The lowest BCUT2D eigenvalue weighted by Gasteiger charge is -2.35. The molecule has 1 heterocycles. The first-order valence-corrected chi connectivity index (χ1v) is 8.41. The van der Waals surface area contributed by atoms with Gasteiger partial charge in [0.05, 0.1) is 0 Å². The van der Waals surface area contributed by atoms with Crippen molar-refractivity contribution in [3.8, 4) is 0 Å². The Labute approximate surface area is 119 Å². The van der Waals surface area contributed by atoms with Crippen LogP contribution in [0, 0.1) is 17.7 Å². The summed E-state index contributed by atoms with van der Waals surface area (Å²) in [5.74, 6) is 0.592. The Kier molecular flexibility index (Phi) is 4.34. The van der Waals surface area contributed by atoms with Crippen LogP contribution in [0.2, 0.25) is 0 Å². The maximum absolute atomic E-state index is 13.8. The van der Waals surface area contributed by atoms with E-state index in [9.17, 15) is 12.8 Å². The summed E-state index contributed by atoms with van der Waals surface area (Å²) in [7, 11) is -3.99. The predicted octanol–water partition coefficient (Wildman–Crippen LogP) is 2.35. The average Bonchev–Trinajstić information content (AvgIpc) is 2.37. The first-order valence-electron chi connectivity index (χ1n) is 6.86. The van der Waals surface area contributed by atoms with Crippen LogP contribution in [-0.4, -0.2) is 21.5 Å². The highest BCUT2D eigenvalue weighted by atomic mass is 32.2. The van der Waals surface area contributed by atoms with Gasteiger partial charge in [-0.15, -0.1) is 0 Å². The van der Waals surface area contributed by atoms with Crippen molar-refractivity contribution >= 4 is 15.7 Å². The van der Waals surface area contributed by atoms with E-state index in [4.69, 9.17) is 5.14 Å². The van der Waals surface area contributed by atoms with Gasteiger partial charge in [0, 0.05) is 18.8 Å². The zero-order valence-electron chi connectivity index (χ0n) is 11.8. The number of piperidine rings is 1. The summed E-state index contributed by atoms with van der Waals surface area (Å²) in [6.45, 7) is 6.19. The molecule has 0 radical (unpaired) electrons. The van der Waals surface area contributed by atoms with Crippen LogP contribution in [-0.2, 0) is 10.0 Å². The van der Waals surface area contributed by atoms with Gasteiger partial charge in [0.2, 0.25) is 10.0 Å². The fourth-order valence-electron chi connectivity index (χ4n) is 2.74. The van der Waals surface area contributed by atoms with Gasteiger partial charge in [-0.3, -0.25) is 0 Å². The fourth-order valence-corrected chi connectivity index (χ4v) is 3.33. The van der Waals surface area contributed by atoms with Crippen molar-refractivity contribution in [3.63, 3.8) is 0 Å². The molecule has 0 amide bonds. The van der Waals surface area contributed by atoms with E-state index in [1.54, 1.807) is 6.07 Å². The second-order valence-corrected chi connectivity index (χ2v) is 7.26. The van der Waals surface area contributed by atoms with Crippen molar-refractivity contribution in [2.75, 3.05) is 18.0 Å². The summed E-state index contributed by atoms with van der Waals surface area (Å²) in [6.07, 6.45) is 2.16. The number of sulfonamides is 1. The molecule has 1 aliphatic heterocycles. The molecule has 6 heteroatoms. The predicted molar refractivity (Wildman–Crippen MR) is 77.5 cm³/mol. The first-order chi connectivity index (χ1) is 9.29. The Morgan fingerprint density at radius 2 is 1.90 bits per heavy atom. The van der Waals surface area contributed by atoms with Crippen LogP contribution in [0.4, 0.5) is 10.1 Å². The second-order valence-electron chi connectivity index (χ2n) is 5.73. The molecule has 1 saturated heterocycles. The summed E-state index contributed by atoms with van der Waals surface area (Å²) in [5, 5.41) is 4.96. The number of nitrogens with zero attached hydrogens (tertiary/aromatic N) is 1. The minimum atomic E-state index is -3.99. The summed E-state index contributed by atoms with van der Waals surface area (Å²) in [4.78, 5) is 1.65. The van der Waals surface area contributed by atoms with Crippen LogP contribution in [0.5, 0.6) is 0 Å². The Hall–Kier alpha value is -1.14. The topological polar surface area (TPSA) is 63.4 Å².